The van der Waals surface area contributed by atoms with Crippen molar-refractivity contribution in [3.63, 3.8) is 0 Å². The van der Waals surface area contributed by atoms with Gasteiger partial charge >= 0.3 is 19.8 Å². The van der Waals surface area contributed by atoms with Gasteiger partial charge in [0.2, 0.25) is 0 Å². The maximum absolute atomic E-state index is 12.9. The van der Waals surface area contributed by atoms with Crippen LogP contribution in [-0.4, -0.2) is 74.9 Å². The van der Waals surface area contributed by atoms with Gasteiger partial charge in [-0.15, -0.1) is 0 Å². The van der Waals surface area contributed by atoms with Crippen LogP contribution in [-0.2, 0) is 32.7 Å². The van der Waals surface area contributed by atoms with Gasteiger partial charge in [0.25, 0.3) is 0 Å². The molecule has 0 aromatic carbocycles. The molecule has 10 heteroatoms. The summed E-state index contributed by atoms with van der Waals surface area (Å²) in [6.45, 7) is 4.35. The lowest BCUT2D eigenvalue weighted by atomic mass is 10.0. The minimum absolute atomic E-state index is 0.0263. The second kappa shape index (κ2) is 70.7. The van der Waals surface area contributed by atoms with E-state index in [2.05, 4.69) is 135 Å². The third-order valence-electron chi connectivity index (χ3n) is 16.3. The van der Waals surface area contributed by atoms with Crippen LogP contribution in [0.1, 0.15) is 328 Å². The lowest BCUT2D eigenvalue weighted by Crippen LogP contribution is -2.37. The zero-order valence-electron chi connectivity index (χ0n) is 59.8. The molecule has 0 saturated carbocycles. The van der Waals surface area contributed by atoms with E-state index in [4.69, 9.17) is 18.5 Å². The molecular weight excluding hydrogens is 1150 g/mol. The summed E-state index contributed by atoms with van der Waals surface area (Å²) >= 11 is 0. The molecule has 1 N–H and O–H groups in total. The van der Waals surface area contributed by atoms with Crippen LogP contribution in [0.4, 0.5) is 0 Å². The second-order valence-electron chi connectivity index (χ2n) is 26.3. The van der Waals surface area contributed by atoms with Gasteiger partial charge in [0, 0.05) is 12.8 Å². The van der Waals surface area contributed by atoms with Crippen LogP contribution in [0.15, 0.2) is 122 Å². The van der Waals surface area contributed by atoms with Crippen LogP contribution < -0.4 is 0 Å². The summed E-state index contributed by atoms with van der Waals surface area (Å²) in [5.74, 6) is -0.800. The molecule has 0 spiro atoms. The fourth-order valence-corrected chi connectivity index (χ4v) is 11.3. The molecule has 0 rings (SSSR count). The van der Waals surface area contributed by atoms with Gasteiger partial charge in [-0.3, -0.25) is 18.6 Å². The van der Waals surface area contributed by atoms with Gasteiger partial charge in [-0.1, -0.05) is 347 Å². The van der Waals surface area contributed by atoms with Crippen LogP contribution >= 0.6 is 7.82 Å². The van der Waals surface area contributed by atoms with Gasteiger partial charge in [0.15, 0.2) is 6.10 Å². The number of nitrogens with zero attached hydrogens (tertiary/aromatic N) is 1. The fourth-order valence-electron chi connectivity index (χ4n) is 10.5. The number of hydrogen-bond donors (Lipinski definition) is 1. The van der Waals surface area contributed by atoms with Gasteiger partial charge in [-0.2, -0.15) is 0 Å². The number of quaternary nitrogens is 1. The summed E-state index contributed by atoms with van der Waals surface area (Å²) in [6, 6.07) is 0. The van der Waals surface area contributed by atoms with Gasteiger partial charge < -0.3 is 18.9 Å². The van der Waals surface area contributed by atoms with Crippen LogP contribution in [0.3, 0.4) is 0 Å². The molecule has 0 radical (unpaired) electrons. The third kappa shape index (κ3) is 75.3. The number of hydrogen-bond acceptors (Lipinski definition) is 7. The first-order valence-electron chi connectivity index (χ1n) is 37.8. The van der Waals surface area contributed by atoms with Crippen LogP contribution in [0.25, 0.3) is 0 Å². The predicted molar refractivity (Wildman–Crippen MR) is 394 cm³/mol. The smallest absolute Gasteiger partial charge is 0.462 e. The Morgan fingerprint density at radius 1 is 0.352 bits per heavy atom. The molecular formula is C81H143NO8P+. The Kier molecular flexibility index (Phi) is 67.9. The highest BCUT2D eigenvalue weighted by Crippen LogP contribution is 2.43. The Hall–Kier alpha value is -3.59. The van der Waals surface area contributed by atoms with Crippen molar-refractivity contribution in [1.29, 1.82) is 0 Å². The van der Waals surface area contributed by atoms with Crippen molar-refractivity contribution in [3.8, 4) is 0 Å². The van der Waals surface area contributed by atoms with E-state index in [1.54, 1.807) is 0 Å². The minimum Gasteiger partial charge on any atom is -0.462 e. The first kappa shape index (κ1) is 87.4. The highest BCUT2D eigenvalue weighted by atomic mass is 31.2. The molecule has 0 heterocycles. The number of rotatable bonds is 69. The maximum atomic E-state index is 12.9. The molecule has 524 valence electrons. The van der Waals surface area contributed by atoms with Crippen LogP contribution in [0.5, 0.6) is 0 Å². The van der Waals surface area contributed by atoms with E-state index in [0.717, 1.165) is 109 Å². The molecule has 0 amide bonds. The fraction of sp³-hybridized carbons (Fsp3) is 0.728. The van der Waals surface area contributed by atoms with Crippen molar-refractivity contribution >= 4 is 19.8 Å². The van der Waals surface area contributed by atoms with Gasteiger partial charge in [0.1, 0.15) is 19.8 Å². The molecule has 0 bridgehead atoms. The zero-order chi connectivity index (χ0) is 66.2. The summed E-state index contributed by atoms with van der Waals surface area (Å²) in [4.78, 5) is 35.9. The minimum atomic E-state index is -4.40. The number of carbonyl (C=O) groups is 2. The molecule has 91 heavy (non-hydrogen) atoms. The Morgan fingerprint density at radius 3 is 0.934 bits per heavy atom. The molecule has 0 saturated heterocycles. The standard InChI is InChI=1S/C81H142NO8P/c1-6-8-10-12-14-16-18-20-22-24-26-28-30-32-34-36-37-38-39-40-41-42-43-44-45-46-48-50-52-54-56-58-60-62-64-66-68-70-72-74-81(84)90-79(78-89-91(85,86)88-76-75-82(3,4)5)77-87-80(83)73-71-69-67-65-63-61-59-57-55-53-51-49-47-35-33-31-29-27-25-23-21-19-17-15-13-11-9-7-2/h8,10,14,16,20,22,26,28,32,34,37-38,40-41,43-44,46,48,52,54,79H,6-7,9,11-13,15,17-19,21,23-25,27,29-31,33,35-36,39,42,45,47,49-51,53,55-78H2,1-5H3/p+1/b10-8-,16-14-,22-20-,28-26-,34-32-,38-37-,41-40-,44-43-,48-46-,54-52-. The highest BCUT2D eigenvalue weighted by Gasteiger charge is 2.27. The molecule has 0 aromatic heterocycles. The third-order valence-corrected chi connectivity index (χ3v) is 17.2. The molecule has 0 fully saturated rings. The molecule has 2 unspecified atom stereocenters. The highest BCUT2D eigenvalue weighted by molar-refractivity contribution is 7.47. The van der Waals surface area contributed by atoms with Crippen molar-refractivity contribution in [2.45, 2.75) is 335 Å². The molecule has 9 nitrogen and oxygen atoms in total. The molecule has 0 aliphatic heterocycles. The van der Waals surface area contributed by atoms with E-state index in [0.29, 0.717) is 17.4 Å². The number of likely N-dealkylation sites (N-methyl/N-ethyl adjacent to an activating group) is 1. The number of carbonyl (C=O) groups excluding carboxylic acids is 2. The van der Waals surface area contributed by atoms with Gasteiger partial charge in [-0.25, -0.2) is 4.57 Å². The van der Waals surface area contributed by atoms with E-state index in [9.17, 15) is 19.0 Å². The SMILES string of the molecule is CC/C=C\C/C=C\C/C=C\C/C=C\C/C=C\C/C=C\C/C=C\C/C=C\C/C=C\C/C=C\CCCCCCCCCCC(=O)OC(COC(=O)CCCCCCCCCCCCCCCCCCCCCCCCCCCCCC)COP(=O)(O)OCC[N+](C)(C)C. The summed E-state index contributed by atoms with van der Waals surface area (Å²) < 4.78 is 34.8. The summed E-state index contributed by atoms with van der Waals surface area (Å²) in [7, 11) is 1.47. The average Bonchev–Trinajstić information content (AvgIpc) is 3.30. The summed E-state index contributed by atoms with van der Waals surface area (Å²) in [5, 5.41) is 0. The van der Waals surface area contributed by atoms with Gasteiger partial charge in [-0.05, 0) is 89.9 Å². The maximum Gasteiger partial charge on any atom is 0.472 e. The van der Waals surface area contributed by atoms with E-state index in [1.807, 2.05) is 21.1 Å². The number of ether oxygens (including phenoxy) is 2. The number of unbranched alkanes of at least 4 members (excludes halogenated alkanes) is 35. The quantitative estimate of drug-likeness (QED) is 0.0211. The normalized spacial score (nSPS) is 13.8. The van der Waals surface area contributed by atoms with Crippen molar-refractivity contribution in [1.82, 2.24) is 0 Å². The average molecular weight is 1290 g/mol. The van der Waals surface area contributed by atoms with E-state index >= 15 is 0 Å². The number of allylic oxidation sites excluding steroid dienone is 20. The zero-order valence-corrected chi connectivity index (χ0v) is 60.7. The predicted octanol–water partition coefficient (Wildman–Crippen LogP) is 25.0. The molecule has 2 atom stereocenters. The lowest BCUT2D eigenvalue weighted by molar-refractivity contribution is -0.870. The van der Waals surface area contributed by atoms with Crippen molar-refractivity contribution in [3.05, 3.63) is 122 Å². The number of esters is 2. The van der Waals surface area contributed by atoms with Crippen molar-refractivity contribution < 1.29 is 42.1 Å². The van der Waals surface area contributed by atoms with E-state index < -0.39 is 26.5 Å². The molecule has 0 aliphatic rings. The largest absolute Gasteiger partial charge is 0.472 e. The summed E-state index contributed by atoms with van der Waals surface area (Å²) in [6.07, 6.45) is 102. The Bertz CT molecular complexity index is 1950. The summed E-state index contributed by atoms with van der Waals surface area (Å²) in [5.41, 5.74) is 0. The van der Waals surface area contributed by atoms with E-state index in [1.165, 1.54) is 186 Å². The Morgan fingerprint density at radius 2 is 0.626 bits per heavy atom. The van der Waals surface area contributed by atoms with Crippen molar-refractivity contribution in [2.24, 2.45) is 0 Å². The first-order chi connectivity index (χ1) is 44.5. The van der Waals surface area contributed by atoms with Crippen LogP contribution in [0, 0.1) is 0 Å². The Balaban J connectivity index is 4.07. The molecule has 0 aliphatic carbocycles. The number of phosphoric ester groups is 1. The van der Waals surface area contributed by atoms with Gasteiger partial charge in [0.05, 0.1) is 27.7 Å². The first-order valence-corrected chi connectivity index (χ1v) is 39.3. The Labute approximate surface area is 562 Å². The van der Waals surface area contributed by atoms with Crippen molar-refractivity contribution in [2.75, 3.05) is 47.5 Å². The lowest BCUT2D eigenvalue weighted by Gasteiger charge is -2.24. The van der Waals surface area contributed by atoms with E-state index in [-0.39, 0.29) is 32.0 Å². The monoisotopic (exact) mass is 1290 g/mol. The number of phosphoric acid groups is 1. The topological polar surface area (TPSA) is 108 Å². The van der Waals surface area contributed by atoms with Crippen LogP contribution in [0.2, 0.25) is 0 Å². The molecule has 0 aromatic rings. The second-order valence-corrected chi connectivity index (χ2v) is 27.8.